The quantitative estimate of drug-likeness (QED) is 0.354. The van der Waals surface area contributed by atoms with Crippen molar-refractivity contribution in [1.29, 1.82) is 0 Å². The minimum absolute atomic E-state index is 0.0107. The minimum atomic E-state index is -4.64. The largest absolute Gasteiger partial charge is 0.416 e. The van der Waals surface area contributed by atoms with E-state index in [2.05, 4.69) is 11.6 Å². The molecule has 3 aromatic rings. The molecule has 2 aromatic heterocycles. The molecule has 1 fully saturated rings. The van der Waals surface area contributed by atoms with Crippen molar-refractivity contribution in [2.45, 2.75) is 51.6 Å². The molecule has 0 spiro atoms. The normalized spacial score (nSPS) is 16.4. The van der Waals surface area contributed by atoms with Gasteiger partial charge in [0, 0.05) is 33.3 Å². The summed E-state index contributed by atoms with van der Waals surface area (Å²) in [6, 6.07) is 5.72. The maximum absolute atomic E-state index is 13.9. The van der Waals surface area contributed by atoms with Gasteiger partial charge in [0.1, 0.15) is 17.7 Å². The Morgan fingerprint density at radius 3 is 2.57 bits per heavy atom. The van der Waals surface area contributed by atoms with Crippen LogP contribution in [-0.4, -0.2) is 57.3 Å². The number of aromatic nitrogens is 3. The second-order valence-electron chi connectivity index (χ2n) is 10.9. The third-order valence-electron chi connectivity index (χ3n) is 7.99. The summed E-state index contributed by atoms with van der Waals surface area (Å²) >= 11 is 6.67. The Balaban J connectivity index is 1.41. The number of hydrogen-bond donors (Lipinski definition) is 0. The van der Waals surface area contributed by atoms with Crippen LogP contribution in [0.2, 0.25) is 5.02 Å². The molecule has 1 aromatic carbocycles. The minimum Gasteiger partial charge on any atom is -0.364 e. The van der Waals surface area contributed by atoms with Crippen LogP contribution in [0.4, 0.5) is 30.4 Å². The second kappa shape index (κ2) is 11.6. The van der Waals surface area contributed by atoms with Crippen molar-refractivity contribution in [3.05, 3.63) is 76.5 Å². The molecule has 3 amide bonds. The van der Waals surface area contributed by atoms with E-state index in [0.717, 1.165) is 34.2 Å². The highest BCUT2D eigenvalue weighted by atomic mass is 35.5. The number of likely N-dealkylation sites (N-methyl/N-ethyl adjacent to an activating group) is 1. The Hall–Kier alpha value is -4.39. The third kappa shape index (κ3) is 5.63. The number of halogens is 4. The Morgan fingerprint density at radius 2 is 1.91 bits per heavy atom. The van der Waals surface area contributed by atoms with Gasteiger partial charge in [0.25, 0.3) is 0 Å². The molecule has 14 heteroatoms. The molecule has 0 bridgehead atoms. The van der Waals surface area contributed by atoms with E-state index in [1.165, 1.54) is 24.9 Å². The van der Waals surface area contributed by atoms with Crippen molar-refractivity contribution >= 4 is 46.5 Å². The van der Waals surface area contributed by atoms with Gasteiger partial charge in [-0.2, -0.15) is 13.2 Å². The van der Waals surface area contributed by atoms with Crippen LogP contribution in [0, 0.1) is 6.92 Å². The van der Waals surface area contributed by atoms with Crippen molar-refractivity contribution in [1.82, 2.24) is 19.4 Å². The second-order valence-corrected chi connectivity index (χ2v) is 11.3. The third-order valence-corrected chi connectivity index (χ3v) is 8.29. The summed E-state index contributed by atoms with van der Waals surface area (Å²) in [6.07, 6.45) is -3.26. The molecule has 2 aliphatic heterocycles. The average molecular weight is 630 g/mol. The van der Waals surface area contributed by atoms with E-state index in [1.807, 2.05) is 16.5 Å². The van der Waals surface area contributed by atoms with Gasteiger partial charge < -0.3 is 19.3 Å². The Kier molecular flexibility index (Phi) is 8.19. The number of alkyl halides is 3. The van der Waals surface area contributed by atoms with Gasteiger partial charge in [0.2, 0.25) is 17.7 Å². The summed E-state index contributed by atoms with van der Waals surface area (Å²) in [7, 11) is 5.21. The van der Waals surface area contributed by atoms with E-state index in [0.29, 0.717) is 36.0 Å². The first-order chi connectivity index (χ1) is 20.7. The van der Waals surface area contributed by atoms with E-state index in [4.69, 9.17) is 16.6 Å². The maximum atomic E-state index is 13.9. The number of hydrogen-bond acceptors (Lipinski definition) is 6. The summed E-state index contributed by atoms with van der Waals surface area (Å²) in [6.45, 7) is 6.06. The van der Waals surface area contributed by atoms with Crippen LogP contribution in [0.3, 0.4) is 0 Å². The molecule has 0 saturated carbocycles. The first kappa shape index (κ1) is 31.0. The zero-order valence-electron chi connectivity index (χ0n) is 24.7. The summed E-state index contributed by atoms with van der Waals surface area (Å²) in [4.78, 5) is 53.7. The van der Waals surface area contributed by atoms with Crippen LogP contribution >= 0.6 is 11.6 Å². The highest BCUT2D eigenvalue weighted by molar-refractivity contribution is 6.34. The molecule has 4 heterocycles. The summed E-state index contributed by atoms with van der Waals surface area (Å²) in [5, 5.41) is 0.365. The van der Waals surface area contributed by atoms with Crippen molar-refractivity contribution in [3.63, 3.8) is 0 Å². The number of carbonyl (C=O) groups excluding carboxylic acids is 3. The van der Waals surface area contributed by atoms with Gasteiger partial charge in [-0.25, -0.2) is 9.97 Å². The number of pyridine rings is 1. The fourth-order valence-corrected chi connectivity index (χ4v) is 6.06. The first-order valence-corrected chi connectivity index (χ1v) is 14.2. The van der Waals surface area contributed by atoms with E-state index in [1.54, 1.807) is 30.1 Å². The van der Waals surface area contributed by atoms with Crippen LogP contribution in [0.5, 0.6) is 0 Å². The molecule has 0 aliphatic carbocycles. The molecule has 10 nitrogen and oxygen atoms in total. The Bertz CT molecular complexity index is 1670. The zero-order valence-corrected chi connectivity index (χ0v) is 25.4. The van der Waals surface area contributed by atoms with Gasteiger partial charge in [0.05, 0.1) is 53.0 Å². The fraction of sp³-hybridized carbons (Fsp3) is 0.367. The SMILES string of the molecule is C=CC(=O)N1Cc2nc(CN(C)c3c(Cl)cccc3N(C)C(=O)C3CCC(=O)N3c3cc(C(F)(F)F)cc(C)n3)n(C)c2C1. The molecular formula is C30H31ClF3N7O3. The number of rotatable bonds is 7. The zero-order chi connectivity index (χ0) is 32.1. The standard InChI is InChI=1S/C30H31ClF3N7O3/c1-6-26(42)40-14-20-23(15-40)38(4)25(36-20)16-37(3)28-19(31)8-7-9-21(28)39(5)29(44)22-10-11-27(43)41(22)24-13-18(30(32,33)34)12-17(2)35-24/h6-9,12-13,22H,1,10-11,14-16H2,2-5H3. The topological polar surface area (TPSA) is 94.9 Å². The molecule has 5 rings (SSSR count). The first-order valence-electron chi connectivity index (χ1n) is 13.8. The molecule has 1 saturated heterocycles. The number of para-hydroxylation sites is 1. The number of benzene rings is 1. The number of aryl methyl sites for hydroxylation is 1. The van der Waals surface area contributed by atoms with Crippen LogP contribution in [0.25, 0.3) is 0 Å². The van der Waals surface area contributed by atoms with E-state index in [-0.39, 0.29) is 30.3 Å². The lowest BCUT2D eigenvalue weighted by molar-refractivity contribution is -0.137. The summed E-state index contributed by atoms with van der Waals surface area (Å²) in [5.74, 6) is -0.639. The smallest absolute Gasteiger partial charge is 0.364 e. The van der Waals surface area contributed by atoms with Crippen LogP contribution < -0.4 is 14.7 Å². The number of imidazole rings is 1. The van der Waals surface area contributed by atoms with Gasteiger partial charge in [-0.05, 0) is 43.7 Å². The van der Waals surface area contributed by atoms with Crippen molar-refractivity contribution in [2.75, 3.05) is 28.8 Å². The lowest BCUT2D eigenvalue weighted by Gasteiger charge is -2.31. The molecule has 1 unspecified atom stereocenters. The Labute approximate surface area is 257 Å². The van der Waals surface area contributed by atoms with E-state index >= 15 is 0 Å². The number of fused-ring (bicyclic) bond motifs is 1. The van der Waals surface area contributed by atoms with Gasteiger partial charge in [-0.1, -0.05) is 24.2 Å². The van der Waals surface area contributed by atoms with Gasteiger partial charge in [0.15, 0.2) is 0 Å². The van der Waals surface area contributed by atoms with Gasteiger partial charge in [-0.3, -0.25) is 19.3 Å². The highest BCUT2D eigenvalue weighted by Gasteiger charge is 2.41. The molecular weight excluding hydrogens is 599 g/mol. The lowest BCUT2D eigenvalue weighted by Crippen LogP contribution is -2.46. The van der Waals surface area contributed by atoms with Gasteiger partial charge >= 0.3 is 6.18 Å². The van der Waals surface area contributed by atoms with Crippen LogP contribution in [0.1, 0.15) is 41.3 Å². The van der Waals surface area contributed by atoms with Crippen molar-refractivity contribution in [3.8, 4) is 0 Å². The predicted octanol–water partition coefficient (Wildman–Crippen LogP) is 4.62. The van der Waals surface area contributed by atoms with E-state index in [9.17, 15) is 27.6 Å². The van der Waals surface area contributed by atoms with Crippen LogP contribution in [0.15, 0.2) is 43.0 Å². The Morgan fingerprint density at radius 1 is 1.18 bits per heavy atom. The van der Waals surface area contributed by atoms with Crippen LogP contribution in [-0.2, 0) is 47.2 Å². The number of anilines is 3. The number of nitrogens with zero attached hydrogens (tertiary/aromatic N) is 7. The fourth-order valence-electron chi connectivity index (χ4n) is 5.74. The molecule has 0 N–H and O–H groups in total. The highest BCUT2D eigenvalue weighted by Crippen LogP contribution is 2.39. The monoisotopic (exact) mass is 629 g/mol. The van der Waals surface area contributed by atoms with Crippen molar-refractivity contribution in [2.24, 2.45) is 7.05 Å². The average Bonchev–Trinajstić information content (AvgIpc) is 3.64. The summed E-state index contributed by atoms with van der Waals surface area (Å²) < 4.78 is 42.5. The number of amides is 3. The molecule has 2 aliphatic rings. The molecule has 44 heavy (non-hydrogen) atoms. The van der Waals surface area contributed by atoms with Gasteiger partial charge in [-0.15, -0.1) is 0 Å². The molecule has 0 radical (unpaired) electrons. The summed E-state index contributed by atoms with van der Waals surface area (Å²) in [5.41, 5.74) is 1.82. The lowest BCUT2D eigenvalue weighted by atomic mass is 10.1. The van der Waals surface area contributed by atoms with E-state index < -0.39 is 29.6 Å². The van der Waals surface area contributed by atoms with Crippen molar-refractivity contribution < 1.29 is 27.6 Å². The number of carbonyl (C=O) groups is 3. The predicted molar refractivity (Wildman–Crippen MR) is 159 cm³/mol. The molecule has 1 atom stereocenters. The maximum Gasteiger partial charge on any atom is 0.416 e. The molecule has 232 valence electrons.